The molecule has 1 N–H and O–H groups in total. The van der Waals surface area contributed by atoms with Gasteiger partial charge in [0.1, 0.15) is 4.34 Å². The fourth-order valence-electron chi connectivity index (χ4n) is 0.732. The molecule has 0 saturated carbocycles. The molecule has 0 bridgehead atoms. The summed E-state index contributed by atoms with van der Waals surface area (Å²) in [5.41, 5.74) is 0. The van der Waals surface area contributed by atoms with Crippen LogP contribution in [0.2, 0.25) is 4.34 Å². The SMILES string of the molecule is CNCC(=O)c1cc(Br)c(Cl)s1. The summed E-state index contributed by atoms with van der Waals surface area (Å²) in [7, 11) is 1.74. The Balaban J connectivity index is 2.82. The molecule has 0 atom stereocenters. The topological polar surface area (TPSA) is 29.1 Å². The third kappa shape index (κ3) is 2.29. The number of carbonyl (C=O) groups excluding carboxylic acids is 1. The zero-order valence-corrected chi connectivity index (χ0v) is 9.52. The van der Waals surface area contributed by atoms with Gasteiger partial charge in [0.2, 0.25) is 0 Å². The summed E-state index contributed by atoms with van der Waals surface area (Å²) in [4.78, 5) is 12.0. The number of hydrogen-bond acceptors (Lipinski definition) is 3. The molecule has 1 heterocycles. The van der Waals surface area contributed by atoms with E-state index in [1.54, 1.807) is 13.1 Å². The molecule has 0 amide bonds. The molecule has 0 radical (unpaired) electrons. The lowest BCUT2D eigenvalue weighted by Crippen LogP contribution is -2.17. The van der Waals surface area contributed by atoms with E-state index < -0.39 is 0 Å². The first-order chi connectivity index (χ1) is 5.65. The van der Waals surface area contributed by atoms with Crippen molar-refractivity contribution < 1.29 is 4.79 Å². The predicted molar refractivity (Wildman–Crippen MR) is 55.3 cm³/mol. The second kappa shape index (κ2) is 4.37. The zero-order valence-electron chi connectivity index (χ0n) is 6.36. The number of halogens is 2. The van der Waals surface area contributed by atoms with Gasteiger partial charge in [-0.1, -0.05) is 11.6 Å². The number of nitrogens with one attached hydrogen (secondary N) is 1. The molecule has 0 aliphatic heterocycles. The minimum atomic E-state index is 0.0649. The van der Waals surface area contributed by atoms with E-state index in [4.69, 9.17) is 11.6 Å². The second-order valence-corrected chi connectivity index (χ2v) is 4.69. The minimum absolute atomic E-state index is 0.0649. The zero-order chi connectivity index (χ0) is 9.14. The van der Waals surface area contributed by atoms with Crippen LogP contribution in [0.1, 0.15) is 9.67 Å². The molecular weight excluding hydrogens is 262 g/mol. The number of hydrogen-bond donors (Lipinski definition) is 1. The van der Waals surface area contributed by atoms with Gasteiger partial charge in [-0.15, -0.1) is 11.3 Å². The summed E-state index contributed by atoms with van der Waals surface area (Å²) < 4.78 is 1.41. The molecule has 2 nitrogen and oxygen atoms in total. The molecule has 0 saturated heterocycles. The summed E-state index contributed by atoms with van der Waals surface area (Å²) >= 11 is 10.3. The maximum absolute atomic E-state index is 11.3. The number of thiophene rings is 1. The molecule has 0 aliphatic carbocycles. The quantitative estimate of drug-likeness (QED) is 0.854. The molecule has 0 aromatic carbocycles. The molecular formula is C7H7BrClNOS. The van der Waals surface area contributed by atoms with E-state index in [0.29, 0.717) is 15.8 Å². The highest BCUT2D eigenvalue weighted by atomic mass is 79.9. The molecule has 1 rings (SSSR count). The first-order valence-corrected chi connectivity index (χ1v) is 5.26. The van der Waals surface area contributed by atoms with Crippen LogP contribution in [0.4, 0.5) is 0 Å². The van der Waals surface area contributed by atoms with Gasteiger partial charge in [-0.3, -0.25) is 4.79 Å². The fraction of sp³-hybridized carbons (Fsp3) is 0.286. The molecule has 1 aromatic rings. The molecule has 0 spiro atoms. The van der Waals surface area contributed by atoms with Crippen LogP contribution in [-0.2, 0) is 0 Å². The standard InChI is InChI=1S/C7H7BrClNOS/c1-10-3-5(11)6-2-4(8)7(9)12-6/h2,10H,3H2,1H3. The monoisotopic (exact) mass is 267 g/mol. The van der Waals surface area contributed by atoms with Crippen LogP contribution >= 0.6 is 38.9 Å². The van der Waals surface area contributed by atoms with Crippen LogP contribution in [0.15, 0.2) is 10.5 Å². The molecule has 66 valence electrons. The van der Waals surface area contributed by atoms with Crippen LogP contribution < -0.4 is 5.32 Å². The third-order valence-electron chi connectivity index (χ3n) is 1.26. The summed E-state index contributed by atoms with van der Waals surface area (Å²) in [6.45, 7) is 0.350. The van der Waals surface area contributed by atoms with Crippen molar-refractivity contribution in [3.05, 3.63) is 19.8 Å². The van der Waals surface area contributed by atoms with E-state index >= 15 is 0 Å². The lowest BCUT2D eigenvalue weighted by Gasteiger charge is -1.93. The smallest absolute Gasteiger partial charge is 0.186 e. The molecule has 5 heteroatoms. The van der Waals surface area contributed by atoms with E-state index in [1.807, 2.05) is 0 Å². The maximum atomic E-state index is 11.3. The van der Waals surface area contributed by atoms with Crippen LogP contribution in [0.25, 0.3) is 0 Å². The summed E-state index contributed by atoms with van der Waals surface area (Å²) in [5.74, 6) is 0.0649. The van der Waals surface area contributed by atoms with Crippen molar-refractivity contribution in [1.82, 2.24) is 5.32 Å². The number of Topliss-reactive ketones (excluding diaryl/α,β-unsaturated/α-hetero) is 1. The summed E-state index contributed by atoms with van der Waals surface area (Å²) in [6.07, 6.45) is 0. The normalized spacial score (nSPS) is 10.2. The van der Waals surface area contributed by atoms with Gasteiger partial charge in [0.25, 0.3) is 0 Å². The van der Waals surface area contributed by atoms with Gasteiger partial charge in [-0.25, -0.2) is 0 Å². The van der Waals surface area contributed by atoms with Gasteiger partial charge < -0.3 is 5.32 Å². The Kier molecular flexibility index (Phi) is 3.71. The van der Waals surface area contributed by atoms with Crippen LogP contribution in [0, 0.1) is 0 Å². The Hall–Kier alpha value is 0.1000. The first-order valence-electron chi connectivity index (χ1n) is 3.27. The van der Waals surface area contributed by atoms with Gasteiger partial charge in [-0.05, 0) is 29.0 Å². The van der Waals surface area contributed by atoms with Gasteiger partial charge in [0, 0.05) is 4.47 Å². The number of likely N-dealkylation sites (N-methyl/N-ethyl adjacent to an activating group) is 1. The Morgan fingerprint density at radius 1 is 1.83 bits per heavy atom. The van der Waals surface area contributed by atoms with Gasteiger partial charge >= 0.3 is 0 Å². The average Bonchev–Trinajstić information content (AvgIpc) is 2.33. The minimum Gasteiger partial charge on any atom is -0.313 e. The highest BCUT2D eigenvalue weighted by Gasteiger charge is 2.10. The van der Waals surface area contributed by atoms with Crippen molar-refractivity contribution in [2.24, 2.45) is 0 Å². The fourth-order valence-corrected chi connectivity index (χ4v) is 2.37. The van der Waals surface area contributed by atoms with E-state index in [1.165, 1.54) is 11.3 Å². The summed E-state index contributed by atoms with van der Waals surface area (Å²) in [5, 5.41) is 2.79. The molecule has 12 heavy (non-hydrogen) atoms. The van der Waals surface area contributed by atoms with Gasteiger partial charge in [-0.2, -0.15) is 0 Å². The summed E-state index contributed by atoms with van der Waals surface area (Å²) in [6, 6.07) is 1.74. The van der Waals surface area contributed by atoms with Crippen LogP contribution in [0.5, 0.6) is 0 Å². The third-order valence-corrected chi connectivity index (χ3v) is 3.77. The Bertz CT molecular complexity index is 280. The lowest BCUT2D eigenvalue weighted by atomic mass is 10.3. The first kappa shape index (κ1) is 10.2. The Morgan fingerprint density at radius 3 is 2.92 bits per heavy atom. The van der Waals surface area contributed by atoms with Crippen molar-refractivity contribution in [2.75, 3.05) is 13.6 Å². The Morgan fingerprint density at radius 2 is 2.50 bits per heavy atom. The lowest BCUT2D eigenvalue weighted by molar-refractivity contribution is 0.0997. The van der Waals surface area contributed by atoms with E-state index in [2.05, 4.69) is 21.2 Å². The molecule has 0 aliphatic rings. The number of ketones is 1. The van der Waals surface area contributed by atoms with E-state index in [9.17, 15) is 4.79 Å². The number of rotatable bonds is 3. The number of carbonyl (C=O) groups is 1. The van der Waals surface area contributed by atoms with Crippen molar-refractivity contribution in [3.8, 4) is 0 Å². The maximum Gasteiger partial charge on any atom is 0.186 e. The van der Waals surface area contributed by atoms with Gasteiger partial charge in [0.15, 0.2) is 5.78 Å². The van der Waals surface area contributed by atoms with Crippen LogP contribution in [0.3, 0.4) is 0 Å². The molecule has 0 unspecified atom stereocenters. The van der Waals surface area contributed by atoms with Crippen molar-refractivity contribution in [2.45, 2.75) is 0 Å². The molecule has 1 aromatic heterocycles. The predicted octanol–water partition coefficient (Wildman–Crippen LogP) is 2.57. The average molecular weight is 269 g/mol. The van der Waals surface area contributed by atoms with E-state index in [0.717, 1.165) is 4.47 Å². The Labute approximate surface area is 88.0 Å². The highest BCUT2D eigenvalue weighted by molar-refractivity contribution is 9.10. The highest BCUT2D eigenvalue weighted by Crippen LogP contribution is 2.31. The van der Waals surface area contributed by atoms with Crippen molar-refractivity contribution in [3.63, 3.8) is 0 Å². The van der Waals surface area contributed by atoms with Crippen molar-refractivity contribution in [1.29, 1.82) is 0 Å². The molecule has 0 fully saturated rings. The largest absolute Gasteiger partial charge is 0.313 e. The van der Waals surface area contributed by atoms with Gasteiger partial charge in [0.05, 0.1) is 11.4 Å². The van der Waals surface area contributed by atoms with Crippen molar-refractivity contribution >= 4 is 44.7 Å². The second-order valence-electron chi connectivity index (χ2n) is 2.19. The van der Waals surface area contributed by atoms with E-state index in [-0.39, 0.29) is 5.78 Å². The van der Waals surface area contributed by atoms with Crippen LogP contribution in [-0.4, -0.2) is 19.4 Å².